The predicted molar refractivity (Wildman–Crippen MR) is 103 cm³/mol. The quantitative estimate of drug-likeness (QED) is 0.496. The van der Waals surface area contributed by atoms with Gasteiger partial charge in [0.25, 0.3) is 0 Å². The first-order chi connectivity index (χ1) is 13.1. The third-order valence-corrected chi connectivity index (χ3v) is 4.36. The Morgan fingerprint density at radius 1 is 0.630 bits per heavy atom. The number of ether oxygens (including phenoxy) is 2. The van der Waals surface area contributed by atoms with Crippen molar-refractivity contribution in [3.63, 3.8) is 0 Å². The maximum absolute atomic E-state index is 14.1. The maximum Gasteiger partial charge on any atom is 0.204 e. The lowest BCUT2D eigenvalue weighted by molar-refractivity contribution is 0.274. The Kier molecular flexibility index (Phi) is 6.07. The van der Waals surface area contributed by atoms with E-state index in [0.717, 1.165) is 23.1 Å². The van der Waals surface area contributed by atoms with Gasteiger partial charge in [0.2, 0.25) is 11.6 Å². The van der Waals surface area contributed by atoms with Crippen LogP contribution in [0.25, 0.3) is 11.1 Å². The molecular weight excluding hydrogens is 346 g/mol. The molecule has 0 saturated heterocycles. The highest BCUT2D eigenvalue weighted by Gasteiger charge is 2.15. The molecule has 0 aliphatic heterocycles. The zero-order chi connectivity index (χ0) is 19.2. The lowest BCUT2D eigenvalue weighted by Gasteiger charge is -2.11. The molecule has 0 spiro atoms. The summed E-state index contributed by atoms with van der Waals surface area (Å²) >= 11 is 0. The van der Waals surface area contributed by atoms with E-state index < -0.39 is 11.6 Å². The predicted octanol–water partition coefficient (Wildman–Crippen LogP) is 6.17. The minimum absolute atomic E-state index is 0.110. The summed E-state index contributed by atoms with van der Waals surface area (Å²) in [7, 11) is 0. The van der Waals surface area contributed by atoms with Crippen LogP contribution in [-0.4, -0.2) is 6.61 Å². The van der Waals surface area contributed by atoms with E-state index in [1.54, 1.807) is 6.92 Å². The Morgan fingerprint density at radius 3 is 1.59 bits per heavy atom. The summed E-state index contributed by atoms with van der Waals surface area (Å²) < 4.78 is 38.4. The van der Waals surface area contributed by atoms with E-state index in [1.165, 1.54) is 17.7 Å². The molecule has 0 fully saturated rings. The van der Waals surface area contributed by atoms with Gasteiger partial charge >= 0.3 is 0 Å². The normalized spacial score (nSPS) is 10.7. The van der Waals surface area contributed by atoms with Crippen LogP contribution in [0.1, 0.15) is 25.0 Å². The van der Waals surface area contributed by atoms with Gasteiger partial charge < -0.3 is 9.47 Å². The number of halogens is 2. The zero-order valence-electron chi connectivity index (χ0n) is 15.5. The van der Waals surface area contributed by atoms with Gasteiger partial charge in [-0.05, 0) is 47.7 Å². The van der Waals surface area contributed by atoms with Crippen molar-refractivity contribution in [1.82, 2.24) is 0 Å². The first kappa shape index (κ1) is 18.9. The molecule has 0 bridgehead atoms. The van der Waals surface area contributed by atoms with Crippen LogP contribution >= 0.6 is 0 Å². The molecule has 0 aliphatic rings. The van der Waals surface area contributed by atoms with E-state index in [0.29, 0.717) is 0 Å². The van der Waals surface area contributed by atoms with Crippen LogP contribution in [0.3, 0.4) is 0 Å². The molecule has 0 unspecified atom stereocenters. The van der Waals surface area contributed by atoms with E-state index in [4.69, 9.17) is 9.47 Å². The van der Waals surface area contributed by atoms with Crippen LogP contribution in [0.4, 0.5) is 8.78 Å². The summed E-state index contributed by atoms with van der Waals surface area (Å²) in [5.74, 6) is -2.30. The van der Waals surface area contributed by atoms with Crippen LogP contribution in [0.15, 0.2) is 60.7 Å². The Labute approximate surface area is 158 Å². The van der Waals surface area contributed by atoms with Crippen LogP contribution < -0.4 is 9.47 Å². The molecule has 0 radical (unpaired) electrons. The second-order valence-electron chi connectivity index (χ2n) is 6.16. The standard InChI is InChI=1S/C23H22F2O2/c1-3-16-5-9-18(10-6-16)19-11-7-17(8-12-19)15-27-21-14-13-20(26-4-2)22(24)23(21)25/h5-14H,3-4,15H2,1-2H3. The van der Waals surface area contributed by atoms with Gasteiger partial charge in [-0.3, -0.25) is 0 Å². The third-order valence-electron chi connectivity index (χ3n) is 4.36. The summed E-state index contributed by atoms with van der Waals surface area (Å²) in [4.78, 5) is 0. The fraction of sp³-hybridized carbons (Fsp3) is 0.217. The highest BCUT2D eigenvalue weighted by molar-refractivity contribution is 5.63. The molecule has 0 heterocycles. The lowest BCUT2D eigenvalue weighted by Crippen LogP contribution is -2.02. The van der Waals surface area contributed by atoms with Crippen LogP contribution in [0, 0.1) is 11.6 Å². The summed E-state index contributed by atoms with van der Waals surface area (Å²) in [5, 5.41) is 0. The smallest absolute Gasteiger partial charge is 0.204 e. The molecule has 140 valence electrons. The minimum atomic E-state index is -1.03. The monoisotopic (exact) mass is 368 g/mol. The highest BCUT2D eigenvalue weighted by Crippen LogP contribution is 2.28. The van der Waals surface area contributed by atoms with Gasteiger partial charge in [0.05, 0.1) is 6.61 Å². The van der Waals surface area contributed by atoms with Gasteiger partial charge in [-0.25, -0.2) is 0 Å². The van der Waals surface area contributed by atoms with E-state index >= 15 is 0 Å². The number of aryl methyl sites for hydroxylation is 1. The molecule has 3 aromatic rings. The molecule has 0 amide bonds. The first-order valence-electron chi connectivity index (χ1n) is 9.04. The van der Waals surface area contributed by atoms with Crippen molar-refractivity contribution >= 4 is 0 Å². The van der Waals surface area contributed by atoms with Gasteiger partial charge in [-0.15, -0.1) is 0 Å². The molecule has 0 aliphatic carbocycles. The van der Waals surface area contributed by atoms with Gasteiger partial charge in [0, 0.05) is 0 Å². The van der Waals surface area contributed by atoms with Crippen molar-refractivity contribution in [2.75, 3.05) is 6.61 Å². The number of benzene rings is 3. The molecule has 2 nitrogen and oxygen atoms in total. The van der Waals surface area contributed by atoms with E-state index in [1.807, 2.05) is 24.3 Å². The SMILES string of the molecule is CCOc1ccc(OCc2ccc(-c3ccc(CC)cc3)cc2)c(F)c1F. The van der Waals surface area contributed by atoms with Crippen molar-refractivity contribution in [3.05, 3.63) is 83.4 Å². The number of hydrogen-bond donors (Lipinski definition) is 0. The molecule has 3 rings (SSSR count). The van der Waals surface area contributed by atoms with Gasteiger partial charge in [0.1, 0.15) is 6.61 Å². The van der Waals surface area contributed by atoms with Crippen molar-refractivity contribution in [2.24, 2.45) is 0 Å². The Balaban J connectivity index is 1.67. The average Bonchev–Trinajstić information content (AvgIpc) is 2.71. The fourth-order valence-corrected chi connectivity index (χ4v) is 2.78. The second-order valence-corrected chi connectivity index (χ2v) is 6.16. The molecule has 27 heavy (non-hydrogen) atoms. The second kappa shape index (κ2) is 8.67. The molecule has 4 heteroatoms. The van der Waals surface area contributed by atoms with Crippen LogP contribution in [0.2, 0.25) is 0 Å². The minimum Gasteiger partial charge on any atom is -0.491 e. The maximum atomic E-state index is 14.1. The first-order valence-corrected chi connectivity index (χ1v) is 9.04. The van der Waals surface area contributed by atoms with Crippen LogP contribution in [0.5, 0.6) is 11.5 Å². The highest BCUT2D eigenvalue weighted by atomic mass is 19.2. The molecule has 0 N–H and O–H groups in total. The summed E-state index contributed by atoms with van der Waals surface area (Å²) in [6.07, 6.45) is 1.01. The molecule has 3 aromatic carbocycles. The van der Waals surface area contributed by atoms with Gasteiger partial charge in [-0.1, -0.05) is 55.5 Å². The third kappa shape index (κ3) is 4.45. The Hall–Kier alpha value is -2.88. The summed E-state index contributed by atoms with van der Waals surface area (Å²) in [6, 6.07) is 19.0. The van der Waals surface area contributed by atoms with E-state index in [9.17, 15) is 8.78 Å². The largest absolute Gasteiger partial charge is 0.491 e. The number of hydrogen-bond acceptors (Lipinski definition) is 2. The average molecular weight is 368 g/mol. The van der Waals surface area contributed by atoms with Gasteiger partial charge in [0.15, 0.2) is 11.5 Å². The van der Waals surface area contributed by atoms with Gasteiger partial charge in [-0.2, -0.15) is 8.78 Å². The molecule has 0 atom stereocenters. The van der Waals surface area contributed by atoms with Crippen LogP contribution in [-0.2, 0) is 13.0 Å². The fourth-order valence-electron chi connectivity index (χ4n) is 2.78. The molecular formula is C23H22F2O2. The van der Waals surface area contributed by atoms with Crippen molar-refractivity contribution in [3.8, 4) is 22.6 Å². The molecule has 0 aromatic heterocycles. The number of rotatable bonds is 7. The van der Waals surface area contributed by atoms with Crippen molar-refractivity contribution in [1.29, 1.82) is 0 Å². The molecule has 0 saturated carbocycles. The van der Waals surface area contributed by atoms with Crippen molar-refractivity contribution < 1.29 is 18.3 Å². The lowest BCUT2D eigenvalue weighted by atomic mass is 10.0. The Morgan fingerprint density at radius 2 is 1.11 bits per heavy atom. The Bertz CT molecular complexity index is 888. The summed E-state index contributed by atoms with van der Waals surface area (Å²) in [5.41, 5.74) is 4.41. The zero-order valence-corrected chi connectivity index (χ0v) is 15.5. The van der Waals surface area contributed by atoms with Crippen molar-refractivity contribution in [2.45, 2.75) is 26.9 Å². The van der Waals surface area contributed by atoms with E-state index in [2.05, 4.69) is 31.2 Å². The summed E-state index contributed by atoms with van der Waals surface area (Å²) in [6.45, 7) is 4.26. The topological polar surface area (TPSA) is 18.5 Å². The van der Waals surface area contributed by atoms with E-state index in [-0.39, 0.29) is 24.7 Å².